The molecule has 12 heteroatoms. The lowest BCUT2D eigenvalue weighted by atomic mass is 9.31. The molecule has 5 saturated carbocycles. The summed E-state index contributed by atoms with van der Waals surface area (Å²) in [7, 11) is 0. The lowest BCUT2D eigenvalue weighted by molar-refractivity contribution is -0.360. The molecule has 2 saturated heterocycles. The molecule has 53 heavy (non-hydrogen) atoms. The van der Waals surface area contributed by atoms with Crippen molar-refractivity contribution in [2.24, 2.45) is 56.7 Å². The van der Waals surface area contributed by atoms with Gasteiger partial charge in [0.15, 0.2) is 12.6 Å². The van der Waals surface area contributed by atoms with Crippen molar-refractivity contribution in [3.05, 3.63) is 0 Å². The first-order valence-electron chi connectivity index (χ1n) is 20.4. The van der Waals surface area contributed by atoms with Crippen LogP contribution in [0.4, 0.5) is 0 Å². The Hall–Kier alpha value is -0.770. The quantitative estimate of drug-likeness (QED) is 0.197. The van der Waals surface area contributed by atoms with E-state index >= 15 is 0 Å². The monoisotopic (exact) mass is 752 g/mol. The Morgan fingerprint density at radius 1 is 0.755 bits per heavy atom. The minimum absolute atomic E-state index is 0.00148. The first-order chi connectivity index (χ1) is 24.6. The first kappa shape index (κ1) is 40.4. The number of carbonyl (C=O) groups is 1. The van der Waals surface area contributed by atoms with E-state index in [-0.39, 0.29) is 40.0 Å². The molecule has 19 atom stereocenters. The third kappa shape index (κ3) is 5.89. The van der Waals surface area contributed by atoms with E-state index in [9.17, 15) is 40.5 Å². The number of hydrogen-bond acceptors (Lipinski definition) is 12. The van der Waals surface area contributed by atoms with Gasteiger partial charge in [0.1, 0.15) is 48.5 Å². The highest BCUT2D eigenvalue weighted by molar-refractivity contribution is 5.85. The van der Waals surface area contributed by atoms with Gasteiger partial charge in [-0.1, -0.05) is 41.5 Å². The summed E-state index contributed by atoms with van der Waals surface area (Å²) in [6.45, 7) is 17.0. The molecule has 0 spiro atoms. The number of Topliss-reactive ketones (excluding diaryl/α,β-unsaturated/α-hetero) is 1. The average Bonchev–Trinajstić information content (AvgIpc) is 3.43. The van der Waals surface area contributed by atoms with Gasteiger partial charge in [-0.2, -0.15) is 0 Å². The predicted molar refractivity (Wildman–Crippen MR) is 192 cm³/mol. The number of fused-ring (bicyclic) bond motifs is 7. The van der Waals surface area contributed by atoms with Crippen LogP contribution in [0.25, 0.3) is 0 Å². The Morgan fingerprint density at radius 2 is 1.38 bits per heavy atom. The third-order valence-corrected chi connectivity index (χ3v) is 17.3. The Labute approximate surface area is 314 Å². The van der Waals surface area contributed by atoms with Crippen LogP contribution in [0.1, 0.15) is 113 Å². The molecule has 304 valence electrons. The van der Waals surface area contributed by atoms with Crippen molar-refractivity contribution in [3.63, 3.8) is 0 Å². The van der Waals surface area contributed by atoms with E-state index in [2.05, 4.69) is 41.5 Å². The SMILES string of the molecule is CC(C)(O)[C@@H]1CC[C@]2(C)[C@H]3CC[C@@H]4[C@@]5(C)CCC(O[C@@H]6O[C@H](CO)[C@@H](O[C@@H]7OC[C@H](O)[C@H](O)[C@H]7O)[C@H](O)[C@H]6O)C(C)(C)[C@@H]5C(=O)C[C@@]4(C)[C@]3(C)CC[C@@H]12. The molecular weight excluding hydrogens is 684 g/mol. The Kier molecular flexibility index (Phi) is 10.2. The minimum Gasteiger partial charge on any atom is -0.394 e. The van der Waals surface area contributed by atoms with Gasteiger partial charge >= 0.3 is 0 Å². The van der Waals surface area contributed by atoms with E-state index in [0.29, 0.717) is 36.5 Å². The van der Waals surface area contributed by atoms with Gasteiger partial charge in [-0.25, -0.2) is 0 Å². The zero-order valence-electron chi connectivity index (χ0n) is 33.1. The summed E-state index contributed by atoms with van der Waals surface area (Å²) in [6.07, 6.45) is -4.98. The van der Waals surface area contributed by atoms with Crippen molar-refractivity contribution < 1.29 is 59.5 Å². The van der Waals surface area contributed by atoms with Crippen LogP contribution in [-0.4, -0.2) is 122 Å². The number of aliphatic hydroxyl groups excluding tert-OH is 6. The maximum absolute atomic E-state index is 14.8. The summed E-state index contributed by atoms with van der Waals surface area (Å²) in [5.74, 6) is 1.62. The molecule has 0 aromatic rings. The van der Waals surface area contributed by atoms with Gasteiger partial charge in [0, 0.05) is 17.8 Å². The van der Waals surface area contributed by atoms with Gasteiger partial charge in [-0.15, -0.1) is 0 Å². The summed E-state index contributed by atoms with van der Waals surface area (Å²) < 4.78 is 23.6. The van der Waals surface area contributed by atoms with Gasteiger partial charge < -0.3 is 54.7 Å². The second-order valence-corrected chi connectivity index (χ2v) is 20.6. The highest BCUT2D eigenvalue weighted by atomic mass is 16.7. The molecule has 7 N–H and O–H groups in total. The number of ether oxygens (including phenoxy) is 4. The molecule has 0 radical (unpaired) electrons. The second kappa shape index (κ2) is 13.4. The molecule has 0 aromatic carbocycles. The van der Waals surface area contributed by atoms with Gasteiger partial charge in [0.05, 0.1) is 24.9 Å². The summed E-state index contributed by atoms with van der Waals surface area (Å²) in [6, 6.07) is 0. The maximum atomic E-state index is 14.8. The van der Waals surface area contributed by atoms with Gasteiger partial charge in [0.25, 0.3) is 0 Å². The number of rotatable bonds is 6. The maximum Gasteiger partial charge on any atom is 0.186 e. The largest absolute Gasteiger partial charge is 0.394 e. The van der Waals surface area contributed by atoms with Crippen LogP contribution in [0, 0.1) is 56.7 Å². The summed E-state index contributed by atoms with van der Waals surface area (Å²) in [5, 5.41) is 74.2. The molecule has 0 aromatic heterocycles. The van der Waals surface area contributed by atoms with Gasteiger partial charge in [-0.3, -0.25) is 4.79 Å². The van der Waals surface area contributed by atoms with Crippen LogP contribution in [0.3, 0.4) is 0 Å². The van der Waals surface area contributed by atoms with Crippen LogP contribution in [0.15, 0.2) is 0 Å². The molecule has 2 aliphatic heterocycles. The van der Waals surface area contributed by atoms with Crippen molar-refractivity contribution >= 4 is 5.78 Å². The van der Waals surface area contributed by atoms with Crippen molar-refractivity contribution in [1.82, 2.24) is 0 Å². The van der Waals surface area contributed by atoms with Crippen LogP contribution in [-0.2, 0) is 23.7 Å². The summed E-state index contributed by atoms with van der Waals surface area (Å²) in [4.78, 5) is 14.8. The molecule has 7 rings (SSSR count). The highest BCUT2D eigenvalue weighted by Gasteiger charge is 2.73. The molecule has 5 aliphatic carbocycles. The standard InChI is InChI=1S/C41H68O12/c1-36(2)27(52-35-31(48)29(46)32(24(18-42)51-35)53-34-30(47)28(45)23(44)19-50-34)13-15-39(6)26-10-9-25-38(5)14-11-20(37(3,4)49)21(38)12-16-40(25,7)41(26,8)17-22(43)33(36)39/h20-21,23-35,42,44-49H,9-19H2,1-8H3/t20-,21+,23+,24-,25-,26-,27?,28+,29-,30-,31-,32-,33+,34+,35+,38+,39-,40-,41-/m1/s1. The number of hydrogen-bond donors (Lipinski definition) is 7. The topological polar surface area (TPSA) is 196 Å². The fourth-order valence-electron chi connectivity index (χ4n) is 14.7. The smallest absolute Gasteiger partial charge is 0.186 e. The third-order valence-electron chi connectivity index (χ3n) is 17.3. The number of aliphatic hydroxyl groups is 7. The fourth-order valence-corrected chi connectivity index (χ4v) is 14.7. The molecule has 12 nitrogen and oxygen atoms in total. The van der Waals surface area contributed by atoms with Gasteiger partial charge in [-0.05, 0) is 111 Å². The summed E-state index contributed by atoms with van der Waals surface area (Å²) >= 11 is 0. The second-order valence-electron chi connectivity index (χ2n) is 20.6. The van der Waals surface area contributed by atoms with E-state index in [0.717, 1.165) is 44.9 Å². The van der Waals surface area contributed by atoms with E-state index < -0.39 is 79.0 Å². The Balaban J connectivity index is 1.08. The van der Waals surface area contributed by atoms with E-state index in [4.69, 9.17) is 18.9 Å². The van der Waals surface area contributed by atoms with Crippen molar-refractivity contribution in [2.45, 2.75) is 180 Å². The molecule has 0 bridgehead atoms. The molecular formula is C41H68O12. The zero-order chi connectivity index (χ0) is 38.8. The van der Waals surface area contributed by atoms with Crippen LogP contribution < -0.4 is 0 Å². The van der Waals surface area contributed by atoms with E-state index in [1.807, 2.05) is 13.8 Å². The van der Waals surface area contributed by atoms with Crippen LogP contribution in [0.2, 0.25) is 0 Å². The lowest BCUT2D eigenvalue weighted by Gasteiger charge is -2.72. The van der Waals surface area contributed by atoms with Crippen molar-refractivity contribution in [1.29, 1.82) is 0 Å². The fraction of sp³-hybridized carbons (Fsp3) is 0.976. The van der Waals surface area contributed by atoms with Crippen molar-refractivity contribution in [2.75, 3.05) is 13.2 Å². The van der Waals surface area contributed by atoms with Crippen LogP contribution in [0.5, 0.6) is 0 Å². The summed E-state index contributed by atoms with van der Waals surface area (Å²) in [5.41, 5.74) is -1.61. The number of carbonyl (C=O) groups excluding carboxylic acids is 1. The molecule has 2 heterocycles. The lowest BCUT2D eigenvalue weighted by Crippen LogP contribution is -2.69. The van der Waals surface area contributed by atoms with Crippen LogP contribution >= 0.6 is 0 Å². The number of ketones is 1. The Morgan fingerprint density at radius 3 is 2.02 bits per heavy atom. The Bertz CT molecular complexity index is 1380. The molecule has 1 unspecified atom stereocenters. The minimum atomic E-state index is -1.63. The van der Waals surface area contributed by atoms with E-state index in [1.54, 1.807) is 0 Å². The van der Waals surface area contributed by atoms with Crippen molar-refractivity contribution in [3.8, 4) is 0 Å². The van der Waals surface area contributed by atoms with E-state index in [1.165, 1.54) is 0 Å². The highest BCUT2D eigenvalue weighted by Crippen LogP contribution is 2.77. The van der Waals surface area contributed by atoms with Gasteiger partial charge in [0.2, 0.25) is 0 Å². The molecule has 0 amide bonds. The molecule has 7 fully saturated rings. The predicted octanol–water partition coefficient (Wildman–Crippen LogP) is 2.69. The normalized spacial score (nSPS) is 55.5. The first-order valence-corrected chi connectivity index (χ1v) is 20.4. The zero-order valence-corrected chi connectivity index (χ0v) is 33.1. The molecule has 7 aliphatic rings. The average molecular weight is 753 g/mol.